The zero-order valence-corrected chi connectivity index (χ0v) is 17.8. The molecule has 0 aliphatic rings. The predicted octanol–water partition coefficient (Wildman–Crippen LogP) is 5.25. The number of hydrogen-bond acceptors (Lipinski definition) is 4. The van der Waals surface area contributed by atoms with Gasteiger partial charge in [0, 0.05) is 22.9 Å². The number of amides is 1. The first-order chi connectivity index (χ1) is 14.0. The number of carbonyl (C=O) groups excluding carboxylic acids is 1. The van der Waals surface area contributed by atoms with E-state index in [2.05, 4.69) is 42.3 Å². The fourth-order valence-corrected chi connectivity index (χ4v) is 3.81. The molecule has 4 nitrogen and oxygen atoms in total. The molecule has 1 amide bonds. The third-order valence-corrected chi connectivity index (χ3v) is 5.75. The lowest BCUT2D eigenvalue weighted by molar-refractivity contribution is -0.119. The number of nitrogens with one attached hydrogen (secondary N) is 1. The van der Waals surface area contributed by atoms with Gasteiger partial charge in [0.15, 0.2) is 0 Å². The number of rotatable bonds is 8. The van der Waals surface area contributed by atoms with Gasteiger partial charge in [-0.2, -0.15) is 0 Å². The van der Waals surface area contributed by atoms with Gasteiger partial charge >= 0.3 is 0 Å². The fraction of sp³-hybridized carbons (Fsp3) is 0.250. The Hall–Kier alpha value is -2.79. The first kappa shape index (κ1) is 20.9. The standard InChI is InChI=1S/C24H26N2O2S/c1-17-6-7-18(2)23(13-17)29-16-24(27)26-19(3)21-8-10-22(11-9-21)28-15-20-5-4-12-25-14-20/h4-14,19H,15-16H2,1-3H3,(H,26,27). The maximum absolute atomic E-state index is 12.4. The largest absolute Gasteiger partial charge is 0.489 e. The number of benzene rings is 2. The molecule has 5 heteroatoms. The summed E-state index contributed by atoms with van der Waals surface area (Å²) in [6.45, 7) is 6.61. The molecule has 0 aliphatic carbocycles. The maximum atomic E-state index is 12.4. The molecule has 1 heterocycles. The van der Waals surface area contributed by atoms with Crippen LogP contribution in [0.2, 0.25) is 0 Å². The zero-order chi connectivity index (χ0) is 20.6. The van der Waals surface area contributed by atoms with E-state index in [1.54, 1.807) is 24.2 Å². The zero-order valence-electron chi connectivity index (χ0n) is 17.0. The second-order valence-electron chi connectivity index (χ2n) is 7.07. The molecule has 1 N–H and O–H groups in total. The van der Waals surface area contributed by atoms with Crippen molar-refractivity contribution in [2.24, 2.45) is 0 Å². The smallest absolute Gasteiger partial charge is 0.230 e. The van der Waals surface area contributed by atoms with Crippen molar-refractivity contribution in [2.75, 3.05) is 5.75 Å². The van der Waals surface area contributed by atoms with Crippen molar-refractivity contribution < 1.29 is 9.53 Å². The molecule has 29 heavy (non-hydrogen) atoms. The SMILES string of the molecule is Cc1ccc(C)c(SCC(=O)NC(C)c2ccc(OCc3cccnc3)cc2)c1. The first-order valence-electron chi connectivity index (χ1n) is 9.62. The molecule has 3 rings (SSSR count). The Kier molecular flexibility index (Phi) is 7.30. The van der Waals surface area contributed by atoms with E-state index in [9.17, 15) is 4.79 Å². The van der Waals surface area contributed by atoms with Crippen LogP contribution in [-0.2, 0) is 11.4 Å². The molecule has 0 radical (unpaired) electrons. The highest BCUT2D eigenvalue weighted by Gasteiger charge is 2.11. The van der Waals surface area contributed by atoms with Crippen molar-refractivity contribution in [3.05, 3.63) is 89.2 Å². The third kappa shape index (κ3) is 6.36. The summed E-state index contributed by atoms with van der Waals surface area (Å²) >= 11 is 1.58. The number of aryl methyl sites for hydroxylation is 2. The summed E-state index contributed by atoms with van der Waals surface area (Å²) in [5, 5.41) is 3.07. The van der Waals surface area contributed by atoms with Crippen LogP contribution in [0, 0.1) is 13.8 Å². The summed E-state index contributed by atoms with van der Waals surface area (Å²) in [4.78, 5) is 17.6. The van der Waals surface area contributed by atoms with E-state index in [0.29, 0.717) is 12.4 Å². The van der Waals surface area contributed by atoms with Crippen LogP contribution < -0.4 is 10.1 Å². The number of thioether (sulfide) groups is 1. The molecule has 0 fully saturated rings. The Balaban J connectivity index is 1.48. The van der Waals surface area contributed by atoms with E-state index in [-0.39, 0.29) is 11.9 Å². The van der Waals surface area contributed by atoms with Crippen molar-refractivity contribution in [2.45, 2.75) is 38.3 Å². The quantitative estimate of drug-likeness (QED) is 0.519. The van der Waals surface area contributed by atoms with E-state index in [4.69, 9.17) is 4.74 Å². The molecule has 3 aromatic rings. The van der Waals surface area contributed by atoms with Gasteiger partial charge < -0.3 is 10.1 Å². The lowest BCUT2D eigenvalue weighted by Gasteiger charge is -2.15. The normalized spacial score (nSPS) is 11.7. The number of pyridine rings is 1. The molecule has 0 aliphatic heterocycles. The number of ether oxygens (including phenoxy) is 1. The summed E-state index contributed by atoms with van der Waals surface area (Å²) in [6.07, 6.45) is 3.54. The van der Waals surface area contributed by atoms with Gasteiger partial charge in [-0.1, -0.05) is 35.9 Å². The van der Waals surface area contributed by atoms with Crippen molar-refractivity contribution in [1.29, 1.82) is 0 Å². The Bertz CT molecular complexity index is 943. The predicted molar refractivity (Wildman–Crippen MR) is 118 cm³/mol. The van der Waals surface area contributed by atoms with Gasteiger partial charge in [0.25, 0.3) is 0 Å². The molecule has 1 atom stereocenters. The molecular weight excluding hydrogens is 380 g/mol. The molecule has 1 aromatic heterocycles. The van der Waals surface area contributed by atoms with E-state index in [1.165, 1.54) is 11.1 Å². The van der Waals surface area contributed by atoms with Crippen molar-refractivity contribution >= 4 is 17.7 Å². The maximum Gasteiger partial charge on any atom is 0.230 e. The molecule has 1 unspecified atom stereocenters. The van der Waals surface area contributed by atoms with Gasteiger partial charge in [-0.05, 0) is 56.2 Å². The van der Waals surface area contributed by atoms with Gasteiger partial charge in [-0.15, -0.1) is 11.8 Å². The van der Waals surface area contributed by atoms with Crippen LogP contribution in [0.5, 0.6) is 5.75 Å². The van der Waals surface area contributed by atoms with E-state index < -0.39 is 0 Å². The van der Waals surface area contributed by atoms with Crippen LogP contribution in [0.15, 0.2) is 71.9 Å². The minimum Gasteiger partial charge on any atom is -0.489 e. The van der Waals surface area contributed by atoms with Crippen LogP contribution in [0.3, 0.4) is 0 Å². The summed E-state index contributed by atoms with van der Waals surface area (Å²) in [5.41, 5.74) is 4.48. The fourth-order valence-electron chi connectivity index (χ4n) is 2.88. The highest BCUT2D eigenvalue weighted by molar-refractivity contribution is 8.00. The van der Waals surface area contributed by atoms with Gasteiger partial charge in [0.1, 0.15) is 12.4 Å². The average Bonchev–Trinajstić information content (AvgIpc) is 2.74. The Labute approximate surface area is 176 Å². The van der Waals surface area contributed by atoms with Crippen molar-refractivity contribution in [1.82, 2.24) is 10.3 Å². The molecule has 150 valence electrons. The molecule has 0 spiro atoms. The van der Waals surface area contributed by atoms with Crippen LogP contribution in [0.4, 0.5) is 0 Å². The minimum atomic E-state index is -0.0610. The van der Waals surface area contributed by atoms with E-state index in [1.807, 2.05) is 43.3 Å². The van der Waals surface area contributed by atoms with Crippen molar-refractivity contribution in [3.8, 4) is 5.75 Å². The second-order valence-corrected chi connectivity index (χ2v) is 8.08. The summed E-state index contributed by atoms with van der Waals surface area (Å²) in [5.74, 6) is 1.22. The highest BCUT2D eigenvalue weighted by atomic mass is 32.2. The number of carbonyl (C=O) groups is 1. The Morgan fingerprint density at radius 3 is 2.66 bits per heavy atom. The van der Waals surface area contributed by atoms with Crippen LogP contribution in [-0.4, -0.2) is 16.6 Å². The molecule has 0 saturated heterocycles. The van der Waals surface area contributed by atoms with Crippen LogP contribution >= 0.6 is 11.8 Å². The number of nitrogens with zero attached hydrogens (tertiary/aromatic N) is 1. The first-order valence-corrected chi connectivity index (χ1v) is 10.6. The van der Waals surface area contributed by atoms with Gasteiger partial charge in [-0.3, -0.25) is 9.78 Å². The number of aromatic nitrogens is 1. The van der Waals surface area contributed by atoms with Gasteiger partial charge in [-0.25, -0.2) is 0 Å². The monoisotopic (exact) mass is 406 g/mol. The molecule has 2 aromatic carbocycles. The topological polar surface area (TPSA) is 51.2 Å². The van der Waals surface area contributed by atoms with E-state index in [0.717, 1.165) is 21.8 Å². The minimum absolute atomic E-state index is 0.0281. The van der Waals surface area contributed by atoms with Gasteiger partial charge in [0.2, 0.25) is 5.91 Å². The van der Waals surface area contributed by atoms with Crippen LogP contribution in [0.25, 0.3) is 0 Å². The second kappa shape index (κ2) is 10.1. The lowest BCUT2D eigenvalue weighted by atomic mass is 10.1. The summed E-state index contributed by atoms with van der Waals surface area (Å²) in [7, 11) is 0. The number of hydrogen-bond donors (Lipinski definition) is 1. The highest BCUT2D eigenvalue weighted by Crippen LogP contribution is 2.24. The van der Waals surface area contributed by atoms with Gasteiger partial charge in [0.05, 0.1) is 11.8 Å². The Morgan fingerprint density at radius 1 is 1.14 bits per heavy atom. The molecule has 0 bridgehead atoms. The summed E-state index contributed by atoms with van der Waals surface area (Å²) in [6, 6.07) is 18.0. The lowest BCUT2D eigenvalue weighted by Crippen LogP contribution is -2.28. The van der Waals surface area contributed by atoms with Crippen LogP contribution in [0.1, 0.15) is 35.2 Å². The molecule has 0 saturated carbocycles. The Morgan fingerprint density at radius 2 is 1.93 bits per heavy atom. The summed E-state index contributed by atoms with van der Waals surface area (Å²) < 4.78 is 5.79. The van der Waals surface area contributed by atoms with E-state index >= 15 is 0 Å². The average molecular weight is 407 g/mol. The van der Waals surface area contributed by atoms with Crippen molar-refractivity contribution in [3.63, 3.8) is 0 Å². The third-order valence-electron chi connectivity index (χ3n) is 4.59. The molecular formula is C24H26N2O2S.